The standard InChI is InChI=1S/C37H29P.ClH/c1-5-17-29(18-6-1)38(30-19-7-2-8-20-30,31-21-9-3-10-22-31,32-23-11-4-12-24-32)37-35-27-15-13-25-33(35)34-26-14-16-28-36(34)37;/h1-28,37H;1H. The Balaban J connectivity index is 0.00000277. The Kier molecular flexibility index (Phi) is 6.48. The SMILES string of the molecule is Cl.c1ccc(P(c2ccccc2)(c2ccccc2)(c2ccccc2)C2c3ccccc3-c3ccccc32)cc1. The second-order valence-corrected chi connectivity index (χ2v) is 15.1. The van der Waals surface area contributed by atoms with Gasteiger partial charge in [-0.25, -0.2) is 0 Å². The number of halogens is 1. The summed E-state index contributed by atoms with van der Waals surface area (Å²) < 4.78 is 0. The molecule has 0 radical (unpaired) electrons. The molecule has 39 heavy (non-hydrogen) atoms. The van der Waals surface area contributed by atoms with Gasteiger partial charge in [-0.3, -0.25) is 0 Å². The van der Waals surface area contributed by atoms with E-state index in [2.05, 4.69) is 170 Å². The number of benzene rings is 6. The zero-order valence-electron chi connectivity index (χ0n) is 21.6. The van der Waals surface area contributed by atoms with Gasteiger partial charge in [0.25, 0.3) is 0 Å². The first-order valence-corrected chi connectivity index (χ1v) is 15.6. The molecule has 0 nitrogen and oxygen atoms in total. The van der Waals surface area contributed by atoms with Crippen molar-refractivity contribution >= 4 is 40.2 Å². The molecule has 1 aliphatic carbocycles. The van der Waals surface area contributed by atoms with Crippen LogP contribution in [0.3, 0.4) is 0 Å². The van der Waals surface area contributed by atoms with Crippen LogP contribution in [-0.2, 0) is 0 Å². The summed E-state index contributed by atoms with van der Waals surface area (Å²) in [6.45, 7) is -3.47. The van der Waals surface area contributed by atoms with E-state index < -0.39 is 6.60 Å². The van der Waals surface area contributed by atoms with Crippen LogP contribution >= 0.6 is 19.0 Å². The van der Waals surface area contributed by atoms with Gasteiger partial charge in [0.1, 0.15) is 0 Å². The monoisotopic (exact) mass is 540 g/mol. The van der Waals surface area contributed by atoms with Crippen LogP contribution in [0.4, 0.5) is 0 Å². The molecule has 0 atom stereocenters. The first kappa shape index (κ1) is 25.3. The van der Waals surface area contributed by atoms with Gasteiger partial charge in [0.15, 0.2) is 0 Å². The number of fused-ring (bicyclic) bond motifs is 3. The Morgan fingerprint density at radius 2 is 0.564 bits per heavy atom. The normalized spacial score (nSPS) is 13.4. The maximum absolute atomic E-state index is 3.47. The summed E-state index contributed by atoms with van der Waals surface area (Å²) in [7, 11) is 0. The summed E-state index contributed by atoms with van der Waals surface area (Å²) in [4.78, 5) is 0. The first-order valence-electron chi connectivity index (χ1n) is 13.3. The molecule has 0 saturated carbocycles. The molecule has 0 N–H and O–H groups in total. The van der Waals surface area contributed by atoms with Crippen LogP contribution in [0, 0.1) is 0 Å². The van der Waals surface area contributed by atoms with E-state index in [4.69, 9.17) is 0 Å². The van der Waals surface area contributed by atoms with Crippen molar-refractivity contribution in [2.24, 2.45) is 0 Å². The fourth-order valence-corrected chi connectivity index (χ4v) is 14.8. The van der Waals surface area contributed by atoms with Crippen LogP contribution in [0.25, 0.3) is 11.1 Å². The van der Waals surface area contributed by atoms with Crippen molar-refractivity contribution < 1.29 is 0 Å². The molecule has 6 aromatic rings. The summed E-state index contributed by atoms with van der Waals surface area (Å²) in [5.74, 6) is 0. The number of hydrogen-bond acceptors (Lipinski definition) is 0. The third-order valence-corrected chi connectivity index (χ3v) is 15.6. The molecule has 0 heterocycles. The topological polar surface area (TPSA) is 0 Å². The summed E-state index contributed by atoms with van der Waals surface area (Å²) in [6.07, 6.45) is 0. The second-order valence-electron chi connectivity index (χ2n) is 10.1. The molecule has 7 rings (SSSR count). The predicted octanol–water partition coefficient (Wildman–Crippen LogP) is 8.03. The molecule has 6 aromatic carbocycles. The number of hydrogen-bond donors (Lipinski definition) is 0. The first-order chi connectivity index (χ1) is 18.9. The van der Waals surface area contributed by atoms with E-state index in [-0.39, 0.29) is 18.1 Å². The maximum atomic E-state index is 2.38. The number of rotatable bonds is 5. The predicted molar refractivity (Wildman–Crippen MR) is 172 cm³/mol. The van der Waals surface area contributed by atoms with Gasteiger partial charge in [-0.1, -0.05) is 0 Å². The van der Waals surface area contributed by atoms with Crippen molar-refractivity contribution in [2.75, 3.05) is 0 Å². The summed E-state index contributed by atoms with van der Waals surface area (Å²) >= 11 is 0. The zero-order chi connectivity index (χ0) is 25.4. The van der Waals surface area contributed by atoms with Crippen LogP contribution < -0.4 is 21.2 Å². The molecule has 0 aromatic heterocycles. The minimum atomic E-state index is -3.47. The van der Waals surface area contributed by atoms with Crippen molar-refractivity contribution in [1.82, 2.24) is 0 Å². The fraction of sp³-hybridized carbons (Fsp3) is 0.0270. The summed E-state index contributed by atoms with van der Waals surface area (Å²) in [5, 5.41) is 5.55. The van der Waals surface area contributed by atoms with Gasteiger partial charge >= 0.3 is 226 Å². The third kappa shape index (κ3) is 3.36. The van der Waals surface area contributed by atoms with Crippen molar-refractivity contribution in [1.29, 1.82) is 0 Å². The Bertz CT molecular complexity index is 1500. The molecule has 0 spiro atoms. The molecule has 0 bridgehead atoms. The van der Waals surface area contributed by atoms with E-state index in [9.17, 15) is 0 Å². The fourth-order valence-electron chi connectivity index (χ4n) is 7.13. The zero-order valence-corrected chi connectivity index (χ0v) is 23.3. The van der Waals surface area contributed by atoms with Crippen molar-refractivity contribution in [3.05, 3.63) is 181 Å². The van der Waals surface area contributed by atoms with Gasteiger partial charge in [0.2, 0.25) is 0 Å². The third-order valence-electron chi connectivity index (χ3n) is 8.49. The van der Waals surface area contributed by atoms with E-state index in [0.717, 1.165) is 0 Å². The Labute approximate surface area is 237 Å². The second kappa shape index (κ2) is 9.97. The van der Waals surface area contributed by atoms with E-state index in [1.54, 1.807) is 0 Å². The van der Waals surface area contributed by atoms with E-state index in [1.165, 1.54) is 43.5 Å². The van der Waals surface area contributed by atoms with Crippen molar-refractivity contribution in [2.45, 2.75) is 5.66 Å². The van der Waals surface area contributed by atoms with Gasteiger partial charge < -0.3 is 0 Å². The molecule has 0 aliphatic heterocycles. The van der Waals surface area contributed by atoms with E-state index in [1.807, 2.05) is 0 Å². The van der Waals surface area contributed by atoms with Gasteiger partial charge in [-0.2, -0.15) is 0 Å². The molecule has 0 fully saturated rings. The van der Waals surface area contributed by atoms with E-state index >= 15 is 0 Å². The van der Waals surface area contributed by atoms with E-state index in [0.29, 0.717) is 0 Å². The average Bonchev–Trinajstić information content (AvgIpc) is 3.36. The molecular formula is C37H30ClP. The Morgan fingerprint density at radius 1 is 0.308 bits per heavy atom. The van der Waals surface area contributed by atoms with Gasteiger partial charge in [-0.15, -0.1) is 12.4 Å². The Hall–Kier alpha value is -3.96. The van der Waals surface area contributed by atoms with Crippen LogP contribution in [-0.4, -0.2) is 0 Å². The van der Waals surface area contributed by atoms with Crippen LogP contribution in [0.5, 0.6) is 0 Å². The van der Waals surface area contributed by atoms with Gasteiger partial charge in [-0.05, 0) is 0 Å². The van der Waals surface area contributed by atoms with Crippen LogP contribution in [0.15, 0.2) is 170 Å². The van der Waals surface area contributed by atoms with Crippen LogP contribution in [0.1, 0.15) is 16.8 Å². The Morgan fingerprint density at radius 3 is 0.872 bits per heavy atom. The average molecular weight is 541 g/mol. The van der Waals surface area contributed by atoms with Gasteiger partial charge in [0, 0.05) is 0 Å². The molecule has 0 amide bonds. The van der Waals surface area contributed by atoms with Gasteiger partial charge in [0.05, 0.1) is 0 Å². The molecular weight excluding hydrogens is 511 g/mol. The summed E-state index contributed by atoms with van der Waals surface area (Å²) in [5.41, 5.74) is 5.64. The van der Waals surface area contributed by atoms with Crippen molar-refractivity contribution in [3.8, 4) is 11.1 Å². The molecule has 190 valence electrons. The van der Waals surface area contributed by atoms with Crippen LogP contribution in [0.2, 0.25) is 0 Å². The van der Waals surface area contributed by atoms with Crippen molar-refractivity contribution in [3.63, 3.8) is 0 Å². The molecule has 1 aliphatic rings. The summed E-state index contributed by atoms with van der Waals surface area (Å²) in [6, 6.07) is 63.6. The molecule has 0 unspecified atom stereocenters. The molecule has 0 saturated heterocycles. The minimum absolute atomic E-state index is 0. The molecule has 2 heteroatoms. The quantitative estimate of drug-likeness (QED) is 0.194.